The number of nitrogens with zero attached hydrogens (tertiary/aromatic N) is 5. The molecule has 4 rings (SSSR count). The van der Waals surface area contributed by atoms with Gasteiger partial charge in [0.15, 0.2) is 0 Å². The molecule has 5 heteroatoms. The Balaban J connectivity index is 1.82. The molecule has 1 aromatic heterocycles. The van der Waals surface area contributed by atoms with Crippen LogP contribution in [0.3, 0.4) is 0 Å². The molecule has 4 heterocycles. The van der Waals surface area contributed by atoms with Crippen LogP contribution in [-0.4, -0.2) is 49.7 Å². The van der Waals surface area contributed by atoms with Crippen LogP contribution in [0.5, 0.6) is 0 Å². The van der Waals surface area contributed by atoms with Gasteiger partial charge in [0, 0.05) is 44.8 Å². The third-order valence-electron chi connectivity index (χ3n) is 5.97. The van der Waals surface area contributed by atoms with Crippen molar-refractivity contribution in [3.05, 3.63) is 16.7 Å². The maximum Gasteiger partial charge on any atom is 0.149 e. The quantitative estimate of drug-likeness (QED) is 0.829. The smallest absolute Gasteiger partial charge is 0.149 e. The van der Waals surface area contributed by atoms with Crippen molar-refractivity contribution in [2.75, 3.05) is 49.6 Å². The van der Waals surface area contributed by atoms with Crippen molar-refractivity contribution >= 4 is 11.6 Å². The predicted octanol–water partition coefficient (Wildman–Crippen LogP) is 2.92. The van der Waals surface area contributed by atoms with Gasteiger partial charge < -0.3 is 14.7 Å². The fourth-order valence-corrected chi connectivity index (χ4v) is 4.56. The average molecular weight is 339 g/mol. The van der Waals surface area contributed by atoms with Gasteiger partial charge in [0.1, 0.15) is 17.7 Å². The standard InChI is InChI=1S/C20H29N5/c1-23-13-8-16-17(14-21)19(24-9-4-2-5-10-24)22-20(18(16)15-23)25-11-6-3-7-12-25/h2-13,15H2,1H3. The molecule has 5 nitrogen and oxygen atoms in total. The maximum absolute atomic E-state index is 9.93. The molecule has 0 atom stereocenters. The highest BCUT2D eigenvalue weighted by molar-refractivity contribution is 5.68. The Hall–Kier alpha value is -1.80. The van der Waals surface area contributed by atoms with Crippen molar-refractivity contribution in [2.45, 2.75) is 51.5 Å². The summed E-state index contributed by atoms with van der Waals surface area (Å²) in [5.41, 5.74) is 3.44. The summed E-state index contributed by atoms with van der Waals surface area (Å²) < 4.78 is 0. The number of hydrogen-bond donors (Lipinski definition) is 0. The summed E-state index contributed by atoms with van der Waals surface area (Å²) in [6.45, 7) is 6.25. The molecule has 0 N–H and O–H groups in total. The second-order valence-electron chi connectivity index (χ2n) is 7.79. The van der Waals surface area contributed by atoms with Gasteiger partial charge in [-0.2, -0.15) is 5.26 Å². The SMILES string of the molecule is CN1CCc2c(C#N)c(N3CCCCC3)nc(N3CCCCC3)c2C1. The van der Waals surface area contributed by atoms with Crippen LogP contribution in [-0.2, 0) is 13.0 Å². The Morgan fingerprint density at radius 2 is 1.40 bits per heavy atom. The zero-order valence-electron chi connectivity index (χ0n) is 15.4. The van der Waals surface area contributed by atoms with Crippen LogP contribution in [0.2, 0.25) is 0 Å². The molecule has 0 amide bonds. The van der Waals surface area contributed by atoms with Crippen LogP contribution in [0.15, 0.2) is 0 Å². The van der Waals surface area contributed by atoms with Gasteiger partial charge in [-0.05, 0) is 57.6 Å². The minimum atomic E-state index is 0.853. The largest absolute Gasteiger partial charge is 0.356 e. The van der Waals surface area contributed by atoms with Crippen LogP contribution >= 0.6 is 0 Å². The van der Waals surface area contributed by atoms with E-state index in [1.165, 1.54) is 55.5 Å². The van der Waals surface area contributed by atoms with E-state index >= 15 is 0 Å². The van der Waals surface area contributed by atoms with Crippen molar-refractivity contribution in [2.24, 2.45) is 0 Å². The third-order valence-corrected chi connectivity index (χ3v) is 5.97. The first-order valence-corrected chi connectivity index (χ1v) is 9.92. The summed E-state index contributed by atoms with van der Waals surface area (Å²) in [7, 11) is 2.17. The molecule has 25 heavy (non-hydrogen) atoms. The second kappa shape index (κ2) is 7.21. The minimum absolute atomic E-state index is 0.853. The van der Waals surface area contributed by atoms with Gasteiger partial charge in [-0.25, -0.2) is 4.98 Å². The van der Waals surface area contributed by atoms with E-state index < -0.39 is 0 Å². The van der Waals surface area contributed by atoms with E-state index in [2.05, 4.69) is 27.8 Å². The third kappa shape index (κ3) is 3.20. The fourth-order valence-electron chi connectivity index (χ4n) is 4.56. The van der Waals surface area contributed by atoms with Gasteiger partial charge >= 0.3 is 0 Å². The summed E-state index contributed by atoms with van der Waals surface area (Å²) in [6.07, 6.45) is 8.54. The molecular formula is C20H29N5. The molecule has 0 saturated carbocycles. The molecule has 1 aromatic rings. The molecule has 0 aromatic carbocycles. The summed E-state index contributed by atoms with van der Waals surface area (Å²) in [6, 6.07) is 2.52. The number of hydrogen-bond acceptors (Lipinski definition) is 5. The first-order chi connectivity index (χ1) is 12.3. The van der Waals surface area contributed by atoms with Crippen LogP contribution in [0, 0.1) is 11.3 Å². The lowest BCUT2D eigenvalue weighted by atomic mass is 9.94. The Kier molecular flexibility index (Phi) is 4.80. The molecule has 0 aliphatic carbocycles. The molecular weight excluding hydrogens is 310 g/mol. The molecule has 3 aliphatic heterocycles. The van der Waals surface area contributed by atoms with Gasteiger partial charge in [-0.15, -0.1) is 0 Å². The van der Waals surface area contributed by atoms with Crippen molar-refractivity contribution < 1.29 is 0 Å². The van der Waals surface area contributed by atoms with Crippen molar-refractivity contribution in [1.29, 1.82) is 5.26 Å². The highest BCUT2D eigenvalue weighted by Gasteiger charge is 2.29. The Morgan fingerprint density at radius 3 is 2.00 bits per heavy atom. The first-order valence-electron chi connectivity index (χ1n) is 9.92. The number of pyridine rings is 1. The zero-order chi connectivity index (χ0) is 17.2. The lowest BCUT2D eigenvalue weighted by Crippen LogP contribution is -2.37. The number of likely N-dealkylation sites (N-methyl/N-ethyl adjacent to an activating group) is 1. The number of fused-ring (bicyclic) bond motifs is 1. The first kappa shape index (κ1) is 16.7. The molecule has 2 fully saturated rings. The van der Waals surface area contributed by atoms with E-state index in [4.69, 9.17) is 4.98 Å². The van der Waals surface area contributed by atoms with Crippen LogP contribution in [0.4, 0.5) is 11.6 Å². The normalized spacial score (nSPS) is 21.8. The van der Waals surface area contributed by atoms with E-state index in [0.717, 1.165) is 57.1 Å². The van der Waals surface area contributed by atoms with E-state index in [9.17, 15) is 5.26 Å². The van der Waals surface area contributed by atoms with Crippen LogP contribution in [0.25, 0.3) is 0 Å². The number of aromatic nitrogens is 1. The molecule has 2 saturated heterocycles. The topological polar surface area (TPSA) is 46.4 Å². The number of rotatable bonds is 2. The molecule has 3 aliphatic rings. The van der Waals surface area contributed by atoms with Gasteiger partial charge in [0.2, 0.25) is 0 Å². The van der Waals surface area contributed by atoms with Gasteiger partial charge in [0.25, 0.3) is 0 Å². The lowest BCUT2D eigenvalue weighted by molar-refractivity contribution is 0.312. The molecule has 0 radical (unpaired) electrons. The Morgan fingerprint density at radius 1 is 0.800 bits per heavy atom. The van der Waals surface area contributed by atoms with Crippen molar-refractivity contribution in [1.82, 2.24) is 9.88 Å². The average Bonchev–Trinajstić information content (AvgIpc) is 2.68. The zero-order valence-corrected chi connectivity index (χ0v) is 15.4. The van der Waals surface area contributed by atoms with Crippen LogP contribution < -0.4 is 9.80 Å². The number of piperidine rings is 2. The molecule has 0 spiro atoms. The maximum atomic E-state index is 9.93. The second-order valence-corrected chi connectivity index (χ2v) is 7.79. The van der Waals surface area contributed by atoms with E-state index in [-0.39, 0.29) is 0 Å². The highest BCUT2D eigenvalue weighted by atomic mass is 15.3. The molecule has 0 bridgehead atoms. The summed E-state index contributed by atoms with van der Waals surface area (Å²) in [5, 5.41) is 9.93. The van der Waals surface area contributed by atoms with Gasteiger partial charge in [0.05, 0.1) is 5.56 Å². The summed E-state index contributed by atoms with van der Waals surface area (Å²) >= 11 is 0. The highest BCUT2D eigenvalue weighted by Crippen LogP contribution is 2.36. The number of nitriles is 1. The Labute approximate surface area is 151 Å². The lowest BCUT2D eigenvalue weighted by Gasteiger charge is -2.37. The summed E-state index contributed by atoms with van der Waals surface area (Å²) in [4.78, 5) is 12.4. The monoisotopic (exact) mass is 339 g/mol. The van der Waals surface area contributed by atoms with E-state index in [1.807, 2.05) is 0 Å². The molecule has 0 unspecified atom stereocenters. The number of anilines is 2. The van der Waals surface area contributed by atoms with Crippen LogP contribution in [0.1, 0.15) is 55.2 Å². The molecule has 134 valence electrons. The van der Waals surface area contributed by atoms with E-state index in [1.54, 1.807) is 0 Å². The predicted molar refractivity (Wildman–Crippen MR) is 101 cm³/mol. The van der Waals surface area contributed by atoms with Gasteiger partial charge in [-0.1, -0.05) is 0 Å². The van der Waals surface area contributed by atoms with Gasteiger partial charge in [-0.3, -0.25) is 0 Å². The minimum Gasteiger partial charge on any atom is -0.356 e. The van der Waals surface area contributed by atoms with Crippen molar-refractivity contribution in [3.63, 3.8) is 0 Å². The van der Waals surface area contributed by atoms with Crippen molar-refractivity contribution in [3.8, 4) is 6.07 Å². The van der Waals surface area contributed by atoms with E-state index in [0.29, 0.717) is 0 Å². The fraction of sp³-hybridized carbons (Fsp3) is 0.700. The summed E-state index contributed by atoms with van der Waals surface area (Å²) in [5.74, 6) is 2.13. The Bertz CT molecular complexity index is 666.